The second-order valence-electron chi connectivity index (χ2n) is 4.57. The molecular formula is C17H17NO4. The number of amides is 1. The Balaban J connectivity index is 2.00. The standard InChI is InChI=1S/C17H17NO4/c1-21-17(20)11-16(19)18-14-9-5-6-10-15(14)22-12-13-7-3-2-4-8-13/h2-10H,11-12H2,1H3,(H,18,19). The van der Waals surface area contributed by atoms with Crippen molar-refractivity contribution >= 4 is 17.6 Å². The minimum atomic E-state index is -0.583. The normalized spacial score (nSPS) is 9.86. The molecule has 0 aliphatic carbocycles. The largest absolute Gasteiger partial charge is 0.487 e. The van der Waals surface area contributed by atoms with E-state index in [1.807, 2.05) is 36.4 Å². The maximum atomic E-state index is 11.7. The van der Waals surface area contributed by atoms with Gasteiger partial charge in [-0.25, -0.2) is 0 Å². The number of rotatable bonds is 6. The van der Waals surface area contributed by atoms with E-state index in [0.717, 1.165) is 5.56 Å². The number of para-hydroxylation sites is 2. The number of ether oxygens (including phenoxy) is 2. The third-order valence-electron chi connectivity index (χ3n) is 2.93. The van der Waals surface area contributed by atoms with Crippen molar-refractivity contribution in [3.05, 3.63) is 60.2 Å². The second-order valence-corrected chi connectivity index (χ2v) is 4.57. The zero-order valence-corrected chi connectivity index (χ0v) is 12.2. The molecule has 2 rings (SSSR count). The molecular weight excluding hydrogens is 282 g/mol. The van der Waals surface area contributed by atoms with E-state index in [1.165, 1.54) is 7.11 Å². The van der Waals surface area contributed by atoms with Gasteiger partial charge in [-0.15, -0.1) is 0 Å². The van der Waals surface area contributed by atoms with Crippen molar-refractivity contribution in [2.45, 2.75) is 13.0 Å². The van der Waals surface area contributed by atoms with Crippen LogP contribution < -0.4 is 10.1 Å². The van der Waals surface area contributed by atoms with Crippen LogP contribution in [0.3, 0.4) is 0 Å². The Hall–Kier alpha value is -2.82. The first-order chi connectivity index (χ1) is 10.7. The van der Waals surface area contributed by atoms with Crippen molar-refractivity contribution in [2.75, 3.05) is 12.4 Å². The van der Waals surface area contributed by atoms with Gasteiger partial charge >= 0.3 is 5.97 Å². The maximum absolute atomic E-state index is 11.7. The predicted molar refractivity (Wildman–Crippen MR) is 82.5 cm³/mol. The van der Waals surface area contributed by atoms with Gasteiger partial charge in [0.15, 0.2) is 0 Å². The van der Waals surface area contributed by atoms with E-state index in [4.69, 9.17) is 4.74 Å². The predicted octanol–water partition coefficient (Wildman–Crippen LogP) is 2.77. The fourth-order valence-electron chi connectivity index (χ4n) is 1.83. The summed E-state index contributed by atoms with van der Waals surface area (Å²) < 4.78 is 10.2. The van der Waals surface area contributed by atoms with Crippen LogP contribution in [0.4, 0.5) is 5.69 Å². The lowest BCUT2D eigenvalue weighted by Crippen LogP contribution is -2.17. The van der Waals surface area contributed by atoms with Crippen LogP contribution in [0.25, 0.3) is 0 Å². The summed E-state index contributed by atoms with van der Waals surface area (Å²) in [4.78, 5) is 22.8. The van der Waals surface area contributed by atoms with Gasteiger partial charge in [-0.3, -0.25) is 9.59 Å². The molecule has 0 unspecified atom stereocenters. The van der Waals surface area contributed by atoms with Crippen LogP contribution in [-0.4, -0.2) is 19.0 Å². The highest BCUT2D eigenvalue weighted by atomic mass is 16.5. The first-order valence-electron chi connectivity index (χ1n) is 6.81. The highest BCUT2D eigenvalue weighted by Crippen LogP contribution is 2.24. The molecule has 5 nitrogen and oxygen atoms in total. The van der Waals surface area contributed by atoms with Crippen LogP contribution in [0.2, 0.25) is 0 Å². The van der Waals surface area contributed by atoms with E-state index >= 15 is 0 Å². The molecule has 5 heteroatoms. The Labute approximate surface area is 128 Å². The number of benzene rings is 2. The van der Waals surface area contributed by atoms with Gasteiger partial charge in [-0.05, 0) is 17.7 Å². The summed E-state index contributed by atoms with van der Waals surface area (Å²) >= 11 is 0. The van der Waals surface area contributed by atoms with E-state index in [0.29, 0.717) is 18.0 Å². The highest BCUT2D eigenvalue weighted by molar-refractivity contribution is 6.02. The number of carbonyl (C=O) groups is 2. The average Bonchev–Trinajstić information content (AvgIpc) is 2.54. The Kier molecular flexibility index (Phi) is 5.54. The van der Waals surface area contributed by atoms with Crippen LogP contribution in [0.5, 0.6) is 5.75 Å². The van der Waals surface area contributed by atoms with Crippen LogP contribution in [-0.2, 0) is 20.9 Å². The van der Waals surface area contributed by atoms with Crippen molar-refractivity contribution < 1.29 is 19.1 Å². The number of hydrogen-bond donors (Lipinski definition) is 1. The average molecular weight is 299 g/mol. The minimum absolute atomic E-state index is 0.330. The third kappa shape index (κ3) is 4.63. The third-order valence-corrected chi connectivity index (χ3v) is 2.93. The first-order valence-corrected chi connectivity index (χ1v) is 6.81. The molecule has 2 aromatic carbocycles. The van der Waals surface area contributed by atoms with Crippen LogP contribution >= 0.6 is 0 Å². The molecule has 0 aliphatic rings. The summed E-state index contributed by atoms with van der Waals surface area (Å²) in [5.74, 6) is -0.479. The SMILES string of the molecule is COC(=O)CC(=O)Nc1ccccc1OCc1ccccc1. The van der Waals surface area contributed by atoms with Gasteiger partial charge in [0.1, 0.15) is 18.8 Å². The fraction of sp³-hybridized carbons (Fsp3) is 0.176. The maximum Gasteiger partial charge on any atom is 0.315 e. The van der Waals surface area contributed by atoms with E-state index in [1.54, 1.807) is 18.2 Å². The van der Waals surface area contributed by atoms with Crippen LogP contribution in [0.1, 0.15) is 12.0 Å². The van der Waals surface area contributed by atoms with Gasteiger partial charge < -0.3 is 14.8 Å². The van der Waals surface area contributed by atoms with Gasteiger partial charge in [0.05, 0.1) is 12.8 Å². The van der Waals surface area contributed by atoms with E-state index in [9.17, 15) is 9.59 Å². The topological polar surface area (TPSA) is 64.6 Å². The van der Waals surface area contributed by atoms with Gasteiger partial charge in [0.25, 0.3) is 0 Å². The lowest BCUT2D eigenvalue weighted by Gasteiger charge is -2.12. The van der Waals surface area contributed by atoms with Gasteiger partial charge in [0, 0.05) is 0 Å². The molecule has 1 N–H and O–H groups in total. The van der Waals surface area contributed by atoms with Crippen LogP contribution in [0, 0.1) is 0 Å². The Bertz CT molecular complexity index is 640. The van der Waals surface area contributed by atoms with E-state index in [2.05, 4.69) is 10.1 Å². The monoisotopic (exact) mass is 299 g/mol. The lowest BCUT2D eigenvalue weighted by atomic mass is 10.2. The lowest BCUT2D eigenvalue weighted by molar-refractivity contribution is -0.142. The molecule has 0 radical (unpaired) electrons. The van der Waals surface area contributed by atoms with Crippen molar-refractivity contribution in [1.29, 1.82) is 0 Å². The zero-order chi connectivity index (χ0) is 15.8. The number of hydrogen-bond acceptors (Lipinski definition) is 4. The molecule has 0 saturated carbocycles. The molecule has 114 valence electrons. The smallest absolute Gasteiger partial charge is 0.315 e. The summed E-state index contributed by atoms with van der Waals surface area (Å²) in [6.45, 7) is 0.394. The number of nitrogens with one attached hydrogen (secondary N) is 1. The number of anilines is 1. The summed E-state index contributed by atoms with van der Waals surface area (Å²) in [5.41, 5.74) is 1.55. The fourth-order valence-corrected chi connectivity index (χ4v) is 1.83. The molecule has 0 aliphatic heterocycles. The Morgan fingerprint density at radius 3 is 2.41 bits per heavy atom. The van der Waals surface area contributed by atoms with Gasteiger partial charge in [-0.2, -0.15) is 0 Å². The summed E-state index contributed by atoms with van der Waals surface area (Å²) in [7, 11) is 1.24. The van der Waals surface area contributed by atoms with Gasteiger partial charge in [-0.1, -0.05) is 42.5 Å². The van der Waals surface area contributed by atoms with E-state index < -0.39 is 11.9 Å². The van der Waals surface area contributed by atoms with Crippen molar-refractivity contribution in [3.8, 4) is 5.75 Å². The van der Waals surface area contributed by atoms with E-state index in [-0.39, 0.29) is 6.42 Å². The number of methoxy groups -OCH3 is 1. The Morgan fingerprint density at radius 2 is 1.68 bits per heavy atom. The molecule has 0 spiro atoms. The number of carbonyl (C=O) groups excluding carboxylic acids is 2. The highest BCUT2D eigenvalue weighted by Gasteiger charge is 2.12. The van der Waals surface area contributed by atoms with Crippen molar-refractivity contribution in [1.82, 2.24) is 0 Å². The first kappa shape index (κ1) is 15.6. The molecule has 1 amide bonds. The Morgan fingerprint density at radius 1 is 1.00 bits per heavy atom. The number of esters is 1. The molecule has 0 saturated heterocycles. The molecule has 0 heterocycles. The molecule has 0 bridgehead atoms. The van der Waals surface area contributed by atoms with Gasteiger partial charge in [0.2, 0.25) is 5.91 Å². The molecule has 0 aromatic heterocycles. The molecule has 0 fully saturated rings. The molecule has 2 aromatic rings. The van der Waals surface area contributed by atoms with Crippen molar-refractivity contribution in [2.24, 2.45) is 0 Å². The minimum Gasteiger partial charge on any atom is -0.487 e. The molecule has 0 atom stereocenters. The second kappa shape index (κ2) is 7.83. The molecule has 22 heavy (non-hydrogen) atoms. The summed E-state index contributed by atoms with van der Waals surface area (Å²) in [5, 5.41) is 2.65. The summed E-state index contributed by atoms with van der Waals surface area (Å²) in [6, 6.07) is 16.8. The van der Waals surface area contributed by atoms with Crippen molar-refractivity contribution in [3.63, 3.8) is 0 Å². The quantitative estimate of drug-likeness (QED) is 0.658. The zero-order valence-electron chi connectivity index (χ0n) is 12.2. The van der Waals surface area contributed by atoms with Crippen LogP contribution in [0.15, 0.2) is 54.6 Å². The summed E-state index contributed by atoms with van der Waals surface area (Å²) in [6.07, 6.45) is -0.330.